The molecule has 74 valence electrons. The van der Waals surface area contributed by atoms with E-state index >= 15 is 0 Å². The summed E-state index contributed by atoms with van der Waals surface area (Å²) in [4.78, 5) is 18.9. The standard InChI is InChI=1S/C7H8N4O3/c1-14-6-4-5(9-3-2-8-4)11(13)7(12)10-6/h2-3,6,13H,1H3,(H,10,12). The second kappa shape index (κ2) is 3.20. The zero-order valence-corrected chi connectivity index (χ0v) is 7.34. The highest BCUT2D eigenvalue weighted by atomic mass is 16.5. The Kier molecular flexibility index (Phi) is 2.02. The van der Waals surface area contributed by atoms with Crippen molar-refractivity contribution in [1.82, 2.24) is 15.3 Å². The minimum atomic E-state index is -0.690. The first-order chi connectivity index (χ1) is 6.74. The van der Waals surface area contributed by atoms with Crippen LogP contribution in [0.15, 0.2) is 12.4 Å². The summed E-state index contributed by atoms with van der Waals surface area (Å²) in [5, 5.41) is 12.1. The van der Waals surface area contributed by atoms with Crippen LogP contribution in [0, 0.1) is 0 Å². The summed E-state index contributed by atoms with van der Waals surface area (Å²) in [5.74, 6) is 0.0862. The topological polar surface area (TPSA) is 87.6 Å². The second-order valence-electron chi connectivity index (χ2n) is 2.64. The molecule has 0 saturated heterocycles. The number of ether oxygens (including phenoxy) is 1. The number of carbonyl (C=O) groups is 1. The molecule has 0 aliphatic carbocycles. The van der Waals surface area contributed by atoms with Gasteiger partial charge in [-0.2, -0.15) is 5.06 Å². The van der Waals surface area contributed by atoms with Crippen molar-refractivity contribution in [3.05, 3.63) is 18.1 Å². The Morgan fingerprint density at radius 2 is 2.29 bits per heavy atom. The lowest BCUT2D eigenvalue weighted by Gasteiger charge is -2.27. The summed E-state index contributed by atoms with van der Waals surface area (Å²) in [7, 11) is 1.43. The largest absolute Gasteiger partial charge is 0.356 e. The van der Waals surface area contributed by atoms with Crippen LogP contribution in [0.4, 0.5) is 10.6 Å². The van der Waals surface area contributed by atoms with E-state index in [0.29, 0.717) is 10.8 Å². The Hall–Kier alpha value is -1.73. The van der Waals surface area contributed by atoms with E-state index in [2.05, 4.69) is 15.3 Å². The molecule has 0 bridgehead atoms. The molecule has 0 radical (unpaired) electrons. The Bertz CT molecular complexity index is 370. The van der Waals surface area contributed by atoms with Crippen molar-refractivity contribution in [3.63, 3.8) is 0 Å². The summed E-state index contributed by atoms with van der Waals surface area (Å²) in [6, 6.07) is -0.690. The molecule has 14 heavy (non-hydrogen) atoms. The van der Waals surface area contributed by atoms with Gasteiger partial charge in [0.05, 0.1) is 0 Å². The number of nitrogens with one attached hydrogen (secondary N) is 1. The summed E-state index contributed by atoms with van der Waals surface area (Å²) in [6.07, 6.45) is 2.17. The number of anilines is 1. The van der Waals surface area contributed by atoms with Crippen LogP contribution in [0.1, 0.15) is 11.9 Å². The number of rotatable bonds is 1. The van der Waals surface area contributed by atoms with Crippen LogP contribution in [0.5, 0.6) is 0 Å². The second-order valence-corrected chi connectivity index (χ2v) is 2.64. The lowest BCUT2D eigenvalue weighted by atomic mass is 10.3. The third-order valence-corrected chi connectivity index (χ3v) is 1.84. The number of amides is 2. The maximum Gasteiger partial charge on any atom is 0.349 e. The van der Waals surface area contributed by atoms with E-state index in [0.717, 1.165) is 0 Å². The first-order valence-corrected chi connectivity index (χ1v) is 3.87. The van der Waals surface area contributed by atoms with Crippen molar-refractivity contribution in [2.24, 2.45) is 0 Å². The van der Waals surface area contributed by atoms with Crippen molar-refractivity contribution < 1.29 is 14.7 Å². The van der Waals surface area contributed by atoms with Gasteiger partial charge in [0.25, 0.3) is 0 Å². The van der Waals surface area contributed by atoms with E-state index in [1.54, 1.807) is 0 Å². The number of hydrogen-bond acceptors (Lipinski definition) is 5. The van der Waals surface area contributed by atoms with Gasteiger partial charge in [-0.1, -0.05) is 0 Å². The molecule has 0 fully saturated rings. The minimum Gasteiger partial charge on any atom is -0.356 e. The van der Waals surface area contributed by atoms with Crippen molar-refractivity contribution in [2.45, 2.75) is 6.23 Å². The van der Waals surface area contributed by atoms with Gasteiger partial charge in [0.1, 0.15) is 5.69 Å². The molecule has 1 atom stereocenters. The number of nitrogens with zero attached hydrogens (tertiary/aromatic N) is 3. The van der Waals surface area contributed by atoms with Gasteiger partial charge in [0, 0.05) is 19.5 Å². The Morgan fingerprint density at radius 1 is 1.57 bits per heavy atom. The van der Waals surface area contributed by atoms with E-state index in [1.807, 2.05) is 0 Å². The lowest BCUT2D eigenvalue weighted by molar-refractivity contribution is 0.0673. The van der Waals surface area contributed by atoms with Crippen molar-refractivity contribution in [3.8, 4) is 0 Å². The molecule has 7 heteroatoms. The fourth-order valence-electron chi connectivity index (χ4n) is 1.20. The molecule has 0 saturated carbocycles. The van der Waals surface area contributed by atoms with Crippen LogP contribution in [0.25, 0.3) is 0 Å². The van der Waals surface area contributed by atoms with E-state index in [9.17, 15) is 10.0 Å². The van der Waals surface area contributed by atoms with Gasteiger partial charge in [-0.05, 0) is 0 Å². The SMILES string of the molecule is COC1NC(=O)N(O)c2nccnc21. The van der Waals surface area contributed by atoms with Crippen molar-refractivity contribution in [1.29, 1.82) is 0 Å². The first-order valence-electron chi connectivity index (χ1n) is 3.87. The predicted molar refractivity (Wildman–Crippen MR) is 44.6 cm³/mol. The fourth-order valence-corrected chi connectivity index (χ4v) is 1.20. The van der Waals surface area contributed by atoms with Crippen LogP contribution in [-0.4, -0.2) is 28.3 Å². The molecule has 7 nitrogen and oxygen atoms in total. The van der Waals surface area contributed by atoms with Crippen LogP contribution in [-0.2, 0) is 4.74 Å². The highest BCUT2D eigenvalue weighted by Gasteiger charge is 2.32. The van der Waals surface area contributed by atoms with Crippen LogP contribution in [0.3, 0.4) is 0 Å². The van der Waals surface area contributed by atoms with Crippen molar-refractivity contribution in [2.75, 3.05) is 12.2 Å². The van der Waals surface area contributed by atoms with Gasteiger partial charge in [-0.25, -0.2) is 9.78 Å². The third kappa shape index (κ3) is 1.19. The van der Waals surface area contributed by atoms with Gasteiger partial charge in [0.15, 0.2) is 12.0 Å². The first kappa shape index (κ1) is 8.85. The predicted octanol–water partition coefficient (Wildman–Crippen LogP) is 0.0404. The molecular weight excluding hydrogens is 188 g/mol. The third-order valence-electron chi connectivity index (χ3n) is 1.84. The van der Waals surface area contributed by atoms with E-state index in [-0.39, 0.29) is 5.82 Å². The Morgan fingerprint density at radius 3 is 3.00 bits per heavy atom. The minimum absolute atomic E-state index is 0.0862. The lowest BCUT2D eigenvalue weighted by Crippen LogP contribution is -2.46. The van der Waals surface area contributed by atoms with E-state index < -0.39 is 12.3 Å². The number of aromatic nitrogens is 2. The number of hydroxylamine groups is 1. The fraction of sp³-hybridized carbons (Fsp3) is 0.286. The van der Waals surface area contributed by atoms with Crippen LogP contribution >= 0.6 is 0 Å². The number of hydrogen-bond donors (Lipinski definition) is 2. The summed E-state index contributed by atoms with van der Waals surface area (Å²) < 4.78 is 4.96. The molecular formula is C7H8N4O3. The smallest absolute Gasteiger partial charge is 0.349 e. The summed E-state index contributed by atoms with van der Waals surface area (Å²) in [5.41, 5.74) is 0.372. The normalized spacial score (nSPS) is 20.3. The average molecular weight is 196 g/mol. The van der Waals surface area contributed by atoms with Gasteiger partial charge >= 0.3 is 6.03 Å². The zero-order chi connectivity index (χ0) is 10.1. The van der Waals surface area contributed by atoms with Crippen LogP contribution < -0.4 is 10.4 Å². The Balaban J connectivity index is 2.49. The molecule has 2 heterocycles. The highest BCUT2D eigenvalue weighted by molar-refractivity contribution is 5.91. The summed E-state index contributed by atoms with van der Waals surface area (Å²) in [6.45, 7) is 0. The quantitative estimate of drug-likeness (QED) is 0.619. The van der Waals surface area contributed by atoms with E-state index in [4.69, 9.17) is 4.74 Å². The molecule has 1 aromatic heterocycles. The number of urea groups is 1. The maximum atomic E-state index is 11.1. The molecule has 1 aromatic rings. The average Bonchev–Trinajstić information content (AvgIpc) is 2.23. The van der Waals surface area contributed by atoms with E-state index in [1.165, 1.54) is 19.5 Å². The summed E-state index contributed by atoms with van der Waals surface area (Å²) >= 11 is 0. The zero-order valence-electron chi connectivity index (χ0n) is 7.34. The molecule has 2 amide bonds. The van der Waals surface area contributed by atoms with Crippen molar-refractivity contribution >= 4 is 11.8 Å². The molecule has 2 N–H and O–H groups in total. The molecule has 1 unspecified atom stereocenters. The number of methoxy groups -OCH3 is 1. The molecule has 0 spiro atoms. The number of carbonyl (C=O) groups excluding carboxylic acids is 1. The van der Waals surface area contributed by atoms with Gasteiger partial charge in [-0.15, -0.1) is 0 Å². The highest BCUT2D eigenvalue weighted by Crippen LogP contribution is 2.25. The van der Waals surface area contributed by atoms with Gasteiger partial charge < -0.3 is 10.1 Å². The van der Waals surface area contributed by atoms with Gasteiger partial charge in [0.2, 0.25) is 0 Å². The molecule has 0 aromatic carbocycles. The molecule has 2 rings (SSSR count). The maximum absolute atomic E-state index is 11.1. The van der Waals surface area contributed by atoms with Gasteiger partial charge in [-0.3, -0.25) is 10.2 Å². The Labute approximate surface area is 79.3 Å². The van der Waals surface area contributed by atoms with Crippen LogP contribution in [0.2, 0.25) is 0 Å². The molecule has 1 aliphatic heterocycles. The number of fused-ring (bicyclic) bond motifs is 1. The molecule has 1 aliphatic rings. The monoisotopic (exact) mass is 196 g/mol.